The maximum absolute atomic E-state index is 13.4. The molecule has 9 rings (SSSR count). The fraction of sp³-hybridized carbons (Fsp3) is 0.765. The van der Waals surface area contributed by atoms with Gasteiger partial charge in [-0.15, -0.1) is 0 Å². The summed E-state index contributed by atoms with van der Waals surface area (Å²) in [4.78, 5) is 26.7. The predicted octanol–water partition coefficient (Wildman–Crippen LogP) is 6.69. The number of hydrogen-bond donors (Lipinski definition) is 4. The van der Waals surface area contributed by atoms with E-state index in [1.165, 1.54) is 38.5 Å². The van der Waals surface area contributed by atoms with Gasteiger partial charge in [-0.1, -0.05) is 24.3 Å². The van der Waals surface area contributed by atoms with Crippen molar-refractivity contribution in [3.63, 3.8) is 0 Å². The van der Waals surface area contributed by atoms with Crippen molar-refractivity contribution >= 4 is 12.1 Å². The van der Waals surface area contributed by atoms with Gasteiger partial charge in [-0.3, -0.25) is 0 Å². The van der Waals surface area contributed by atoms with Gasteiger partial charge in [0, 0.05) is 11.1 Å². The first kappa shape index (κ1) is 26.6. The summed E-state index contributed by atoms with van der Waals surface area (Å²) in [6.07, 6.45) is 15.1. The second-order valence-electron chi connectivity index (χ2n) is 16.4. The minimum absolute atomic E-state index is 0.00721. The van der Waals surface area contributed by atoms with Gasteiger partial charge in [0.25, 0.3) is 0 Å². The fourth-order valence-electron chi connectivity index (χ4n) is 11.1. The Balaban J connectivity index is 0.999. The lowest BCUT2D eigenvalue weighted by molar-refractivity contribution is -0.0141. The van der Waals surface area contributed by atoms with Crippen LogP contribution in [-0.4, -0.2) is 23.1 Å². The average molecular weight is 547 g/mol. The Bertz CT molecular complexity index is 1030. The summed E-state index contributed by atoms with van der Waals surface area (Å²) in [5.41, 5.74) is 0.989. The van der Waals surface area contributed by atoms with Crippen LogP contribution in [0, 0.1) is 35.5 Å². The van der Waals surface area contributed by atoms with Crippen molar-refractivity contribution in [1.82, 2.24) is 21.3 Å². The lowest BCUT2D eigenvalue weighted by Crippen LogP contribution is -2.62. The predicted molar refractivity (Wildman–Crippen MR) is 158 cm³/mol. The molecule has 8 fully saturated rings. The molecule has 6 nitrogen and oxygen atoms in total. The molecule has 8 saturated carbocycles. The van der Waals surface area contributed by atoms with Crippen LogP contribution in [0.1, 0.15) is 116 Å². The first-order valence-electron chi connectivity index (χ1n) is 16.2. The van der Waals surface area contributed by atoms with Crippen molar-refractivity contribution in [1.29, 1.82) is 0 Å². The Labute approximate surface area is 240 Å². The number of nitrogens with one attached hydrogen (secondary N) is 4. The zero-order chi connectivity index (χ0) is 27.9. The van der Waals surface area contributed by atoms with Gasteiger partial charge in [0.05, 0.1) is 11.1 Å². The van der Waals surface area contributed by atoms with E-state index >= 15 is 0 Å². The fourth-order valence-corrected chi connectivity index (χ4v) is 11.1. The van der Waals surface area contributed by atoms with E-state index < -0.39 is 11.1 Å². The van der Waals surface area contributed by atoms with Gasteiger partial charge in [-0.05, 0) is 151 Å². The Morgan fingerprint density at radius 3 is 1.20 bits per heavy atom. The van der Waals surface area contributed by atoms with Crippen molar-refractivity contribution in [3.8, 4) is 0 Å². The largest absolute Gasteiger partial charge is 0.333 e. The highest BCUT2D eigenvalue weighted by Crippen LogP contribution is 2.56. The molecule has 0 atom stereocenters. The van der Waals surface area contributed by atoms with E-state index in [1.807, 2.05) is 6.07 Å². The molecule has 8 aliphatic carbocycles. The van der Waals surface area contributed by atoms with E-state index in [0.29, 0.717) is 0 Å². The first-order chi connectivity index (χ1) is 18.9. The monoisotopic (exact) mass is 546 g/mol. The summed E-state index contributed by atoms with van der Waals surface area (Å²) in [6.45, 7) is 8.30. The summed E-state index contributed by atoms with van der Waals surface area (Å²) in [5.74, 6) is 4.78. The summed E-state index contributed by atoms with van der Waals surface area (Å²) < 4.78 is 0. The van der Waals surface area contributed by atoms with Crippen LogP contribution in [0.4, 0.5) is 9.59 Å². The SMILES string of the molecule is CC(C)(NC(=O)NC12CC3CC(CC(C3)C1)C2)c1cccc(C(C)(C)NC(=O)NC23CC4CC(CC(C4)C2)C3)c1. The van der Waals surface area contributed by atoms with Gasteiger partial charge >= 0.3 is 12.1 Å². The zero-order valence-corrected chi connectivity index (χ0v) is 25.1. The number of amides is 4. The number of carbonyl (C=O) groups excluding carboxylic acids is 2. The molecule has 0 aliphatic heterocycles. The van der Waals surface area contributed by atoms with Crippen molar-refractivity contribution in [3.05, 3.63) is 35.4 Å². The number of hydrogen-bond acceptors (Lipinski definition) is 2. The van der Waals surface area contributed by atoms with Crippen molar-refractivity contribution in [2.45, 2.75) is 127 Å². The van der Waals surface area contributed by atoms with Gasteiger partial charge in [-0.25, -0.2) is 9.59 Å². The van der Waals surface area contributed by atoms with Gasteiger partial charge < -0.3 is 21.3 Å². The molecule has 6 heteroatoms. The molecule has 8 aliphatic rings. The molecule has 0 radical (unpaired) electrons. The smallest absolute Gasteiger partial charge is 0.315 e. The second-order valence-corrected chi connectivity index (χ2v) is 16.4. The maximum atomic E-state index is 13.4. The highest BCUT2D eigenvalue weighted by Gasteiger charge is 2.53. The van der Waals surface area contributed by atoms with Crippen LogP contribution in [0.3, 0.4) is 0 Å². The number of benzene rings is 1. The average Bonchev–Trinajstić information content (AvgIpc) is 2.81. The van der Waals surface area contributed by atoms with Gasteiger partial charge in [-0.2, -0.15) is 0 Å². The standard InChI is InChI=1S/C34H50N4O2/c1-31(2,35-29(39)37-33-15-21-8-22(16-33)10-23(9-21)17-33)27-6-5-7-28(14-27)32(3,4)36-30(40)38-34-18-24-11-25(19-34)13-26(12-24)20-34/h5-7,14,21-26H,8-13,15-20H2,1-4H3,(H2,35,37,39)(H2,36,38,40). The van der Waals surface area contributed by atoms with Gasteiger partial charge in [0.1, 0.15) is 0 Å². The van der Waals surface area contributed by atoms with E-state index in [-0.39, 0.29) is 23.1 Å². The van der Waals surface area contributed by atoms with Crippen LogP contribution >= 0.6 is 0 Å². The Morgan fingerprint density at radius 1 is 0.600 bits per heavy atom. The summed E-state index contributed by atoms with van der Waals surface area (Å²) >= 11 is 0. The number of rotatable bonds is 6. The zero-order valence-electron chi connectivity index (χ0n) is 25.1. The Kier molecular flexibility index (Phi) is 6.08. The molecular weight excluding hydrogens is 496 g/mol. The highest BCUT2D eigenvalue weighted by atomic mass is 16.2. The molecule has 8 bridgehead atoms. The van der Waals surface area contributed by atoms with Crippen LogP contribution in [-0.2, 0) is 11.1 Å². The number of urea groups is 2. The Hall–Kier alpha value is -2.24. The molecule has 218 valence electrons. The van der Waals surface area contributed by atoms with Crippen LogP contribution in [0.5, 0.6) is 0 Å². The first-order valence-corrected chi connectivity index (χ1v) is 16.2. The van der Waals surface area contributed by atoms with Crippen LogP contribution in [0.2, 0.25) is 0 Å². The maximum Gasteiger partial charge on any atom is 0.315 e. The molecule has 40 heavy (non-hydrogen) atoms. The lowest BCUT2D eigenvalue weighted by Gasteiger charge is -2.57. The molecule has 0 saturated heterocycles. The third-order valence-electron chi connectivity index (χ3n) is 12.0. The molecule has 4 amide bonds. The Morgan fingerprint density at radius 2 is 0.900 bits per heavy atom. The molecule has 0 spiro atoms. The van der Waals surface area contributed by atoms with Crippen LogP contribution in [0.25, 0.3) is 0 Å². The third kappa shape index (κ3) is 4.91. The lowest BCUT2D eigenvalue weighted by atomic mass is 9.53. The molecule has 0 aromatic heterocycles. The highest BCUT2D eigenvalue weighted by molar-refractivity contribution is 5.77. The van der Waals surface area contributed by atoms with Crippen LogP contribution < -0.4 is 21.3 Å². The second kappa shape index (κ2) is 9.13. The topological polar surface area (TPSA) is 82.3 Å². The molecule has 4 N–H and O–H groups in total. The summed E-state index contributed by atoms with van der Waals surface area (Å²) in [6, 6.07) is 8.26. The van der Waals surface area contributed by atoms with E-state index in [9.17, 15) is 9.59 Å². The van der Waals surface area contributed by atoms with Crippen molar-refractivity contribution in [2.24, 2.45) is 35.5 Å². The molecule has 0 unspecified atom stereocenters. The molecule has 0 heterocycles. The van der Waals surface area contributed by atoms with E-state index in [4.69, 9.17) is 0 Å². The minimum Gasteiger partial charge on any atom is -0.333 e. The van der Waals surface area contributed by atoms with E-state index in [2.05, 4.69) is 67.2 Å². The third-order valence-corrected chi connectivity index (χ3v) is 12.0. The molecule has 1 aromatic carbocycles. The normalized spacial score (nSPS) is 39.2. The van der Waals surface area contributed by atoms with Gasteiger partial charge in [0.2, 0.25) is 0 Å². The van der Waals surface area contributed by atoms with Crippen LogP contribution in [0.15, 0.2) is 24.3 Å². The summed E-state index contributed by atoms with van der Waals surface area (Å²) in [7, 11) is 0. The van der Waals surface area contributed by atoms with E-state index in [0.717, 1.165) is 85.2 Å². The van der Waals surface area contributed by atoms with Crippen molar-refractivity contribution in [2.75, 3.05) is 0 Å². The summed E-state index contributed by atoms with van der Waals surface area (Å²) in [5, 5.41) is 13.5. The molecular formula is C34H50N4O2. The number of carbonyl (C=O) groups is 2. The quantitative estimate of drug-likeness (QED) is 0.320. The van der Waals surface area contributed by atoms with Crippen molar-refractivity contribution < 1.29 is 9.59 Å². The minimum atomic E-state index is -0.542. The van der Waals surface area contributed by atoms with Gasteiger partial charge in [0.15, 0.2) is 0 Å². The molecule has 1 aromatic rings. The van der Waals surface area contributed by atoms with E-state index in [1.54, 1.807) is 0 Å².